The van der Waals surface area contributed by atoms with Gasteiger partial charge in [-0.05, 0) is 45.2 Å². The van der Waals surface area contributed by atoms with Gasteiger partial charge in [-0.3, -0.25) is 4.79 Å². The van der Waals surface area contributed by atoms with Crippen LogP contribution in [-0.2, 0) is 16.0 Å². The average molecular weight is 381 g/mol. The number of likely N-dealkylation sites (N-methyl/N-ethyl adjacent to an activating group) is 1. The minimum atomic E-state index is -0.0125. The molecule has 2 rings (SSSR count). The van der Waals surface area contributed by atoms with E-state index in [1.165, 1.54) is 16.2 Å². The second-order valence-electron chi connectivity index (χ2n) is 7.08. The fourth-order valence-electron chi connectivity index (χ4n) is 2.80. The monoisotopic (exact) mass is 380 g/mol. The molecular formula is C19H32N4O2S. The lowest BCUT2D eigenvalue weighted by Crippen LogP contribution is -2.46. The zero-order valence-electron chi connectivity index (χ0n) is 16.4. The highest BCUT2D eigenvalue weighted by Crippen LogP contribution is 2.16. The van der Waals surface area contributed by atoms with E-state index in [9.17, 15) is 4.79 Å². The first-order valence-corrected chi connectivity index (χ1v) is 10.2. The van der Waals surface area contributed by atoms with Crippen molar-refractivity contribution >= 4 is 23.2 Å². The Labute approximate surface area is 161 Å². The predicted molar refractivity (Wildman–Crippen MR) is 108 cm³/mol. The van der Waals surface area contributed by atoms with Crippen LogP contribution in [0.3, 0.4) is 0 Å². The van der Waals surface area contributed by atoms with Gasteiger partial charge in [0.05, 0.1) is 6.10 Å². The third-order valence-corrected chi connectivity index (χ3v) is 5.35. The third kappa shape index (κ3) is 7.33. The van der Waals surface area contributed by atoms with Gasteiger partial charge in [0.25, 0.3) is 0 Å². The number of rotatable bonds is 7. The Hall–Kier alpha value is -1.60. The molecule has 1 fully saturated rings. The summed E-state index contributed by atoms with van der Waals surface area (Å²) >= 11 is 1.82. The molecule has 1 aromatic rings. The summed E-state index contributed by atoms with van der Waals surface area (Å²) in [4.78, 5) is 20.6. The molecule has 26 heavy (non-hydrogen) atoms. The molecule has 2 heterocycles. The highest BCUT2D eigenvalue weighted by Gasteiger charge is 2.15. The molecule has 2 N–H and O–H groups in total. The molecule has 1 amide bonds. The van der Waals surface area contributed by atoms with E-state index in [2.05, 4.69) is 41.6 Å². The van der Waals surface area contributed by atoms with E-state index in [1.54, 1.807) is 19.0 Å². The van der Waals surface area contributed by atoms with Gasteiger partial charge in [-0.2, -0.15) is 0 Å². The van der Waals surface area contributed by atoms with E-state index in [0.717, 1.165) is 25.9 Å². The summed E-state index contributed by atoms with van der Waals surface area (Å²) in [5.41, 5.74) is 0. The maximum absolute atomic E-state index is 11.9. The topological polar surface area (TPSA) is 66.0 Å². The number of hydrogen-bond acceptors (Lipinski definition) is 4. The fourth-order valence-corrected chi connectivity index (χ4v) is 3.82. The molecule has 2 unspecified atom stereocenters. The van der Waals surface area contributed by atoms with Crippen LogP contribution in [0.2, 0.25) is 0 Å². The molecule has 0 spiro atoms. The van der Waals surface area contributed by atoms with Gasteiger partial charge < -0.3 is 20.3 Å². The summed E-state index contributed by atoms with van der Waals surface area (Å²) in [6, 6.07) is 4.55. The van der Waals surface area contributed by atoms with E-state index < -0.39 is 0 Å². The second kappa shape index (κ2) is 10.5. The smallest absolute Gasteiger partial charge is 0.243 e. The van der Waals surface area contributed by atoms with Crippen molar-refractivity contribution in [1.82, 2.24) is 15.5 Å². The van der Waals surface area contributed by atoms with E-state index in [1.807, 2.05) is 11.3 Å². The molecule has 146 valence electrons. The number of thiophene rings is 1. The summed E-state index contributed by atoms with van der Waals surface area (Å²) in [5.74, 6) is 0.664. The molecule has 1 saturated heterocycles. The molecule has 0 aromatic carbocycles. The molecule has 0 saturated carbocycles. The number of aliphatic imine (C=N–C) groups is 1. The van der Waals surface area contributed by atoms with Crippen molar-refractivity contribution in [1.29, 1.82) is 0 Å². The second-order valence-corrected chi connectivity index (χ2v) is 8.46. The summed E-state index contributed by atoms with van der Waals surface area (Å²) in [6.45, 7) is 5.94. The van der Waals surface area contributed by atoms with Crippen LogP contribution in [0, 0.1) is 6.92 Å². The van der Waals surface area contributed by atoms with E-state index in [4.69, 9.17) is 4.74 Å². The Kier molecular flexibility index (Phi) is 8.38. The minimum absolute atomic E-state index is 0.0125. The number of carbonyl (C=O) groups is 1. The quantitative estimate of drug-likeness (QED) is 0.562. The van der Waals surface area contributed by atoms with Gasteiger partial charge in [0.15, 0.2) is 5.96 Å². The van der Waals surface area contributed by atoms with Crippen molar-refractivity contribution < 1.29 is 9.53 Å². The first kappa shape index (κ1) is 20.7. The maximum Gasteiger partial charge on any atom is 0.243 e. The van der Waals surface area contributed by atoms with E-state index >= 15 is 0 Å². The Morgan fingerprint density at radius 1 is 1.42 bits per heavy atom. The van der Waals surface area contributed by atoms with Gasteiger partial charge in [-0.1, -0.05) is 0 Å². The van der Waals surface area contributed by atoms with E-state index in [0.29, 0.717) is 12.5 Å². The largest absolute Gasteiger partial charge is 0.376 e. The maximum atomic E-state index is 11.9. The normalized spacial score (nSPS) is 19.1. The molecule has 1 aliphatic rings. The van der Waals surface area contributed by atoms with Crippen molar-refractivity contribution in [3.8, 4) is 0 Å². The predicted octanol–water partition coefficient (Wildman–Crippen LogP) is 2.18. The van der Waals surface area contributed by atoms with Crippen molar-refractivity contribution in [2.75, 3.05) is 33.8 Å². The van der Waals surface area contributed by atoms with Crippen LogP contribution in [0.5, 0.6) is 0 Å². The molecule has 1 aliphatic heterocycles. The first-order chi connectivity index (χ1) is 12.4. The van der Waals surface area contributed by atoms with Crippen LogP contribution < -0.4 is 10.6 Å². The Balaban J connectivity index is 1.91. The molecular weight excluding hydrogens is 348 g/mol. The number of hydrogen-bond donors (Lipinski definition) is 2. The van der Waals surface area contributed by atoms with Crippen LogP contribution in [0.1, 0.15) is 35.9 Å². The summed E-state index contributed by atoms with van der Waals surface area (Å²) < 4.78 is 5.78. The van der Waals surface area contributed by atoms with Gasteiger partial charge in [0.1, 0.15) is 6.54 Å². The summed E-state index contributed by atoms with van der Waals surface area (Å²) in [5, 5.41) is 6.78. The molecule has 6 nitrogen and oxygen atoms in total. The lowest BCUT2D eigenvalue weighted by atomic mass is 10.1. The van der Waals surface area contributed by atoms with Gasteiger partial charge in [0.2, 0.25) is 5.91 Å². The highest BCUT2D eigenvalue weighted by molar-refractivity contribution is 7.11. The standard InChI is InChI=1S/C19H32N4O2S/c1-14(11-17-9-8-15(2)26-17)22-19(21-13-18(24)23(3)4)20-12-16-7-5-6-10-25-16/h8-9,14,16H,5-7,10-13H2,1-4H3,(H2,20,21,22). The first-order valence-electron chi connectivity index (χ1n) is 9.36. The third-order valence-electron chi connectivity index (χ3n) is 4.33. The molecule has 2 atom stereocenters. The molecule has 7 heteroatoms. The zero-order valence-corrected chi connectivity index (χ0v) is 17.2. The number of ether oxygens (including phenoxy) is 1. The number of carbonyl (C=O) groups excluding carboxylic acids is 1. The fraction of sp³-hybridized carbons (Fsp3) is 0.684. The van der Waals surface area contributed by atoms with Crippen LogP contribution in [0.15, 0.2) is 17.1 Å². The van der Waals surface area contributed by atoms with Crippen molar-refractivity contribution in [3.05, 3.63) is 21.9 Å². The lowest BCUT2D eigenvalue weighted by molar-refractivity contribution is -0.127. The highest BCUT2D eigenvalue weighted by atomic mass is 32.1. The lowest BCUT2D eigenvalue weighted by Gasteiger charge is -2.25. The number of nitrogens with one attached hydrogen (secondary N) is 2. The zero-order chi connectivity index (χ0) is 18.9. The number of guanidine groups is 1. The van der Waals surface area contributed by atoms with E-state index in [-0.39, 0.29) is 24.6 Å². The van der Waals surface area contributed by atoms with Crippen LogP contribution in [0.4, 0.5) is 0 Å². The van der Waals surface area contributed by atoms with Crippen molar-refractivity contribution in [2.45, 2.75) is 51.7 Å². The van der Waals surface area contributed by atoms with Gasteiger partial charge in [0, 0.05) is 49.5 Å². The molecule has 1 aromatic heterocycles. The van der Waals surface area contributed by atoms with Crippen molar-refractivity contribution in [2.24, 2.45) is 4.99 Å². The van der Waals surface area contributed by atoms with Crippen LogP contribution in [0.25, 0.3) is 0 Å². The van der Waals surface area contributed by atoms with Crippen LogP contribution in [-0.4, -0.2) is 62.7 Å². The number of aryl methyl sites for hydroxylation is 1. The number of nitrogens with zero attached hydrogens (tertiary/aromatic N) is 2. The van der Waals surface area contributed by atoms with Gasteiger partial charge in [-0.15, -0.1) is 11.3 Å². The van der Waals surface area contributed by atoms with Crippen molar-refractivity contribution in [3.63, 3.8) is 0 Å². The molecule has 0 radical (unpaired) electrons. The Morgan fingerprint density at radius 3 is 2.85 bits per heavy atom. The summed E-state index contributed by atoms with van der Waals surface area (Å²) in [6.07, 6.45) is 4.57. The van der Waals surface area contributed by atoms with Crippen LogP contribution >= 0.6 is 11.3 Å². The Morgan fingerprint density at radius 2 is 2.23 bits per heavy atom. The molecule has 0 bridgehead atoms. The van der Waals surface area contributed by atoms with Gasteiger partial charge >= 0.3 is 0 Å². The van der Waals surface area contributed by atoms with Gasteiger partial charge in [-0.25, -0.2) is 4.99 Å². The molecule has 0 aliphatic carbocycles. The average Bonchev–Trinajstić information content (AvgIpc) is 3.02. The minimum Gasteiger partial charge on any atom is -0.376 e. The SMILES string of the molecule is Cc1ccc(CC(C)NC(=NCC(=O)N(C)C)NCC2CCCCO2)s1. The Bertz CT molecular complexity index is 594. The summed E-state index contributed by atoms with van der Waals surface area (Å²) in [7, 11) is 3.49. The number of amides is 1.